The van der Waals surface area contributed by atoms with Crippen LogP contribution in [0.3, 0.4) is 0 Å². The number of unbranched alkanes of at least 4 members (excludes halogenated alkanes) is 3. The SMILES string of the molecule is CCCCCCC(=O)O.C[C@@]12CCC[C@H]1[C@@H]1CCC3=CCCCC3=C1CC2. The zero-order valence-corrected chi connectivity index (χ0v) is 17.7. The van der Waals surface area contributed by atoms with E-state index in [2.05, 4.69) is 19.9 Å². The zero-order valence-electron chi connectivity index (χ0n) is 17.7. The van der Waals surface area contributed by atoms with E-state index in [1.54, 1.807) is 5.57 Å². The average Bonchev–Trinajstić information content (AvgIpc) is 3.07. The molecule has 0 bridgehead atoms. The van der Waals surface area contributed by atoms with Gasteiger partial charge >= 0.3 is 5.97 Å². The second-order valence-corrected chi connectivity index (χ2v) is 9.63. The van der Waals surface area contributed by atoms with E-state index >= 15 is 0 Å². The molecule has 3 atom stereocenters. The molecule has 0 spiro atoms. The van der Waals surface area contributed by atoms with Crippen molar-refractivity contribution >= 4 is 5.97 Å². The van der Waals surface area contributed by atoms with Crippen molar-refractivity contribution in [2.24, 2.45) is 17.3 Å². The molecule has 0 aromatic heterocycles. The Morgan fingerprint density at radius 2 is 1.96 bits per heavy atom. The highest BCUT2D eigenvalue weighted by atomic mass is 16.4. The summed E-state index contributed by atoms with van der Waals surface area (Å²) in [6.45, 7) is 4.71. The summed E-state index contributed by atoms with van der Waals surface area (Å²) in [6.07, 6.45) is 21.6. The van der Waals surface area contributed by atoms with Crippen LogP contribution in [0.25, 0.3) is 0 Å². The van der Waals surface area contributed by atoms with Crippen LogP contribution in [0, 0.1) is 17.3 Å². The molecule has 2 saturated carbocycles. The highest BCUT2D eigenvalue weighted by molar-refractivity contribution is 5.66. The van der Waals surface area contributed by atoms with Crippen LogP contribution in [-0.4, -0.2) is 11.1 Å². The van der Waals surface area contributed by atoms with Gasteiger partial charge in [-0.15, -0.1) is 0 Å². The molecule has 0 aromatic carbocycles. The van der Waals surface area contributed by atoms with Crippen molar-refractivity contribution < 1.29 is 9.90 Å². The lowest BCUT2D eigenvalue weighted by Crippen LogP contribution is -2.36. The molecular weight excluding hydrogens is 332 g/mol. The van der Waals surface area contributed by atoms with Crippen LogP contribution in [0.1, 0.15) is 110 Å². The molecule has 2 heteroatoms. The Kier molecular flexibility index (Phi) is 7.22. The first kappa shape index (κ1) is 20.7. The molecule has 152 valence electrons. The van der Waals surface area contributed by atoms with E-state index in [0.717, 1.165) is 31.1 Å². The number of carboxylic acid groups (broad SMARTS) is 1. The van der Waals surface area contributed by atoms with E-state index in [4.69, 9.17) is 5.11 Å². The van der Waals surface area contributed by atoms with Crippen LogP contribution in [0.2, 0.25) is 0 Å². The average molecular weight is 373 g/mol. The first-order valence-electron chi connectivity index (χ1n) is 11.7. The second-order valence-electron chi connectivity index (χ2n) is 9.63. The number of aliphatic carboxylic acids is 1. The quantitative estimate of drug-likeness (QED) is 0.509. The van der Waals surface area contributed by atoms with Gasteiger partial charge in [-0.3, -0.25) is 4.79 Å². The van der Waals surface area contributed by atoms with Crippen molar-refractivity contribution in [2.75, 3.05) is 0 Å². The topological polar surface area (TPSA) is 37.3 Å². The standard InChI is InChI=1S/C18H26.C7H14O2/c1-18-11-4-7-17(18)16-9-8-13-5-2-3-6-14(13)15(16)10-12-18;1-2-3-4-5-6-7(8)9/h5,16-17H,2-4,6-12H2,1H3;2-6H2,1H3,(H,8,9)/t16-,17+,18+;/m1./s1. The third-order valence-electron chi connectivity index (χ3n) is 7.82. The van der Waals surface area contributed by atoms with Crippen molar-refractivity contribution in [3.63, 3.8) is 0 Å². The van der Waals surface area contributed by atoms with Gasteiger partial charge in [-0.05, 0) is 92.6 Å². The largest absolute Gasteiger partial charge is 0.481 e. The number of hydrogen-bond acceptors (Lipinski definition) is 1. The van der Waals surface area contributed by atoms with Crippen LogP contribution in [0.15, 0.2) is 22.8 Å². The van der Waals surface area contributed by atoms with Crippen LogP contribution in [0.4, 0.5) is 0 Å². The molecule has 0 aliphatic heterocycles. The molecule has 4 aliphatic carbocycles. The van der Waals surface area contributed by atoms with Crippen molar-refractivity contribution in [3.05, 3.63) is 22.8 Å². The lowest BCUT2D eigenvalue weighted by Gasteiger charge is -2.47. The maximum Gasteiger partial charge on any atom is 0.303 e. The number of carboxylic acids is 1. The Morgan fingerprint density at radius 1 is 1.11 bits per heavy atom. The minimum Gasteiger partial charge on any atom is -0.481 e. The highest BCUT2D eigenvalue weighted by Crippen LogP contribution is 2.59. The van der Waals surface area contributed by atoms with Gasteiger partial charge in [0.2, 0.25) is 0 Å². The number of carbonyl (C=O) groups is 1. The van der Waals surface area contributed by atoms with Gasteiger partial charge in [0.1, 0.15) is 0 Å². The summed E-state index contributed by atoms with van der Waals surface area (Å²) in [5, 5.41) is 8.21. The summed E-state index contributed by atoms with van der Waals surface area (Å²) >= 11 is 0. The molecule has 0 unspecified atom stereocenters. The van der Waals surface area contributed by atoms with Crippen molar-refractivity contribution in [1.29, 1.82) is 0 Å². The molecule has 0 heterocycles. The maximum atomic E-state index is 9.96. The summed E-state index contributed by atoms with van der Waals surface area (Å²) < 4.78 is 0. The molecule has 4 rings (SSSR count). The smallest absolute Gasteiger partial charge is 0.303 e. The Balaban J connectivity index is 0.000000201. The maximum absolute atomic E-state index is 9.96. The Morgan fingerprint density at radius 3 is 2.74 bits per heavy atom. The molecule has 0 amide bonds. The molecule has 2 nitrogen and oxygen atoms in total. The van der Waals surface area contributed by atoms with E-state index < -0.39 is 5.97 Å². The second kappa shape index (κ2) is 9.43. The Bertz CT molecular complexity index is 585. The van der Waals surface area contributed by atoms with Crippen LogP contribution >= 0.6 is 0 Å². The lowest BCUT2D eigenvalue weighted by molar-refractivity contribution is -0.137. The van der Waals surface area contributed by atoms with Crippen LogP contribution in [0.5, 0.6) is 0 Å². The molecule has 1 N–H and O–H groups in total. The monoisotopic (exact) mass is 372 g/mol. The summed E-state index contributed by atoms with van der Waals surface area (Å²) in [7, 11) is 0. The predicted molar refractivity (Wildman–Crippen MR) is 113 cm³/mol. The van der Waals surface area contributed by atoms with Crippen molar-refractivity contribution in [1.82, 2.24) is 0 Å². The predicted octanol–water partition coefficient (Wildman–Crippen LogP) is 7.44. The number of rotatable bonds is 5. The molecule has 4 aliphatic rings. The summed E-state index contributed by atoms with van der Waals surface area (Å²) in [4.78, 5) is 9.96. The third kappa shape index (κ3) is 4.87. The molecule has 0 saturated heterocycles. The fourth-order valence-electron chi connectivity index (χ4n) is 6.33. The lowest BCUT2D eigenvalue weighted by atomic mass is 9.58. The van der Waals surface area contributed by atoms with E-state index in [9.17, 15) is 4.79 Å². The Hall–Kier alpha value is -1.05. The van der Waals surface area contributed by atoms with Gasteiger partial charge in [0, 0.05) is 6.42 Å². The Labute approximate surface area is 166 Å². The molecular formula is C25H40O2. The highest BCUT2D eigenvalue weighted by Gasteiger charge is 2.48. The third-order valence-corrected chi connectivity index (χ3v) is 7.82. The van der Waals surface area contributed by atoms with E-state index in [-0.39, 0.29) is 0 Å². The molecule has 0 radical (unpaired) electrons. The summed E-state index contributed by atoms with van der Waals surface area (Å²) in [5.74, 6) is 1.35. The van der Waals surface area contributed by atoms with E-state index in [0.29, 0.717) is 11.8 Å². The van der Waals surface area contributed by atoms with Crippen LogP contribution in [-0.2, 0) is 4.79 Å². The molecule has 2 fully saturated rings. The minimum absolute atomic E-state index is 0.333. The van der Waals surface area contributed by atoms with Crippen molar-refractivity contribution in [2.45, 2.75) is 110 Å². The zero-order chi connectivity index (χ0) is 19.3. The van der Waals surface area contributed by atoms with Gasteiger partial charge in [-0.1, -0.05) is 51.2 Å². The normalized spacial score (nSPS) is 31.9. The fraction of sp³-hybridized carbons (Fsp3) is 0.800. The first-order chi connectivity index (χ1) is 13.0. The molecule has 27 heavy (non-hydrogen) atoms. The van der Waals surface area contributed by atoms with E-state index in [1.165, 1.54) is 70.6 Å². The van der Waals surface area contributed by atoms with Crippen molar-refractivity contribution in [3.8, 4) is 0 Å². The van der Waals surface area contributed by atoms with Crippen LogP contribution < -0.4 is 0 Å². The fourth-order valence-corrected chi connectivity index (χ4v) is 6.33. The first-order valence-corrected chi connectivity index (χ1v) is 11.7. The van der Waals surface area contributed by atoms with Gasteiger partial charge in [0.15, 0.2) is 0 Å². The van der Waals surface area contributed by atoms with Gasteiger partial charge in [0.05, 0.1) is 0 Å². The minimum atomic E-state index is -0.675. The number of allylic oxidation sites excluding steroid dienone is 4. The summed E-state index contributed by atoms with van der Waals surface area (Å²) in [5.41, 5.74) is 6.24. The van der Waals surface area contributed by atoms with E-state index in [1.807, 2.05) is 11.1 Å². The van der Waals surface area contributed by atoms with Gasteiger partial charge in [-0.2, -0.15) is 0 Å². The number of fused-ring (bicyclic) bond motifs is 4. The van der Waals surface area contributed by atoms with Gasteiger partial charge in [-0.25, -0.2) is 0 Å². The van der Waals surface area contributed by atoms with Gasteiger partial charge in [0.25, 0.3) is 0 Å². The summed E-state index contributed by atoms with van der Waals surface area (Å²) in [6, 6.07) is 0. The van der Waals surface area contributed by atoms with Gasteiger partial charge < -0.3 is 5.11 Å². The number of hydrogen-bond donors (Lipinski definition) is 1. The molecule has 0 aromatic rings.